The molecule has 1 saturated heterocycles. The molecule has 84 valence electrons. The van der Waals surface area contributed by atoms with Crippen LogP contribution in [-0.4, -0.2) is 18.1 Å². The van der Waals surface area contributed by atoms with Gasteiger partial charge in [-0.15, -0.1) is 0 Å². The van der Waals surface area contributed by atoms with E-state index in [2.05, 4.69) is 40.8 Å². The first-order chi connectivity index (χ1) is 7.42. The second kappa shape index (κ2) is 5.92. The van der Waals surface area contributed by atoms with E-state index in [1.807, 2.05) is 11.3 Å². The Hall–Kier alpha value is 0.01000. The molecule has 2 rings (SSSR count). The molecule has 1 nitrogen and oxygen atoms in total. The van der Waals surface area contributed by atoms with Crippen molar-refractivity contribution in [3.8, 4) is 0 Å². The minimum Gasteiger partial charge on any atom is -0.310 e. The minimum atomic E-state index is 0.603. The molecule has 0 spiro atoms. The monoisotopic (exact) mass is 241 g/mol. The van der Waals surface area contributed by atoms with Crippen LogP contribution in [0.4, 0.5) is 0 Å². The lowest BCUT2D eigenvalue weighted by Crippen LogP contribution is -2.28. The predicted molar refractivity (Wildman–Crippen MR) is 70.8 cm³/mol. The van der Waals surface area contributed by atoms with Crippen molar-refractivity contribution in [1.82, 2.24) is 5.32 Å². The highest BCUT2D eigenvalue weighted by Gasteiger charge is 2.26. The quantitative estimate of drug-likeness (QED) is 0.846. The number of nitrogens with one attached hydrogen (secondary N) is 1. The van der Waals surface area contributed by atoms with Crippen LogP contribution >= 0.6 is 23.1 Å². The maximum absolute atomic E-state index is 3.71. The lowest BCUT2D eigenvalue weighted by molar-refractivity contribution is 0.394. The van der Waals surface area contributed by atoms with Crippen LogP contribution in [0.5, 0.6) is 0 Å². The van der Waals surface area contributed by atoms with Crippen molar-refractivity contribution in [2.24, 2.45) is 5.92 Å². The fourth-order valence-electron chi connectivity index (χ4n) is 2.12. The molecule has 1 aliphatic heterocycles. The molecular formula is C12H19NS2. The van der Waals surface area contributed by atoms with E-state index in [0.29, 0.717) is 6.04 Å². The summed E-state index contributed by atoms with van der Waals surface area (Å²) in [6, 6.07) is 2.88. The summed E-state index contributed by atoms with van der Waals surface area (Å²) in [5.41, 5.74) is 1.50. The highest BCUT2D eigenvalue weighted by molar-refractivity contribution is 7.99. The van der Waals surface area contributed by atoms with Gasteiger partial charge in [0, 0.05) is 6.04 Å². The van der Waals surface area contributed by atoms with Crippen LogP contribution in [0.2, 0.25) is 0 Å². The number of rotatable bonds is 5. The first kappa shape index (κ1) is 11.5. The molecule has 0 aliphatic carbocycles. The van der Waals surface area contributed by atoms with Gasteiger partial charge >= 0.3 is 0 Å². The predicted octanol–water partition coefficient (Wildman–Crippen LogP) is 3.54. The Morgan fingerprint density at radius 3 is 3.13 bits per heavy atom. The Labute approximate surface area is 101 Å². The molecular weight excluding hydrogens is 222 g/mol. The Balaban J connectivity index is 2.01. The SMILES string of the molecule is CCCNC(c1ccsc1)C1CCSC1. The van der Waals surface area contributed by atoms with Gasteiger partial charge in [-0.3, -0.25) is 0 Å². The Morgan fingerprint density at radius 2 is 2.53 bits per heavy atom. The van der Waals surface area contributed by atoms with Crippen LogP contribution < -0.4 is 5.32 Å². The molecule has 2 heterocycles. The summed E-state index contributed by atoms with van der Waals surface area (Å²) in [6.07, 6.45) is 2.60. The Bertz CT molecular complexity index is 265. The largest absolute Gasteiger partial charge is 0.310 e. The van der Waals surface area contributed by atoms with E-state index in [1.165, 1.54) is 29.9 Å². The van der Waals surface area contributed by atoms with E-state index in [0.717, 1.165) is 12.5 Å². The van der Waals surface area contributed by atoms with Crippen LogP contribution in [0.15, 0.2) is 16.8 Å². The lowest BCUT2D eigenvalue weighted by atomic mass is 9.94. The average Bonchev–Trinajstić information content (AvgIpc) is 2.90. The summed E-state index contributed by atoms with van der Waals surface area (Å²) in [7, 11) is 0. The zero-order chi connectivity index (χ0) is 10.5. The molecule has 1 aliphatic rings. The number of hydrogen-bond acceptors (Lipinski definition) is 3. The molecule has 2 atom stereocenters. The molecule has 0 amide bonds. The molecule has 2 unspecified atom stereocenters. The van der Waals surface area contributed by atoms with Gasteiger partial charge in [-0.1, -0.05) is 6.92 Å². The molecule has 15 heavy (non-hydrogen) atoms. The fourth-order valence-corrected chi connectivity index (χ4v) is 4.12. The van der Waals surface area contributed by atoms with Gasteiger partial charge in [0.2, 0.25) is 0 Å². The molecule has 0 aromatic carbocycles. The second-order valence-corrected chi connectivity index (χ2v) is 6.04. The number of thiophene rings is 1. The average molecular weight is 241 g/mol. The Kier molecular flexibility index (Phi) is 4.54. The van der Waals surface area contributed by atoms with E-state index >= 15 is 0 Å². The molecule has 1 aromatic rings. The molecule has 0 bridgehead atoms. The van der Waals surface area contributed by atoms with Crippen molar-refractivity contribution in [2.75, 3.05) is 18.1 Å². The summed E-state index contributed by atoms with van der Waals surface area (Å²) in [4.78, 5) is 0. The van der Waals surface area contributed by atoms with Gasteiger partial charge in [-0.2, -0.15) is 23.1 Å². The number of thioether (sulfide) groups is 1. The summed E-state index contributed by atoms with van der Waals surface area (Å²) in [6.45, 7) is 3.38. The topological polar surface area (TPSA) is 12.0 Å². The summed E-state index contributed by atoms with van der Waals surface area (Å²) < 4.78 is 0. The standard InChI is InChI=1S/C12H19NS2/c1-2-5-13-12(10-3-6-14-8-10)11-4-7-15-9-11/h3,6,8,11-13H,2,4-5,7,9H2,1H3. The van der Waals surface area contributed by atoms with E-state index < -0.39 is 0 Å². The van der Waals surface area contributed by atoms with Crippen LogP contribution in [0.25, 0.3) is 0 Å². The number of hydrogen-bond donors (Lipinski definition) is 1. The van der Waals surface area contributed by atoms with Crippen molar-refractivity contribution >= 4 is 23.1 Å². The van der Waals surface area contributed by atoms with Crippen molar-refractivity contribution in [2.45, 2.75) is 25.8 Å². The third-order valence-corrected chi connectivity index (χ3v) is 4.84. The lowest BCUT2D eigenvalue weighted by Gasteiger charge is -2.23. The van der Waals surface area contributed by atoms with Gasteiger partial charge in [0.1, 0.15) is 0 Å². The van der Waals surface area contributed by atoms with E-state index in [9.17, 15) is 0 Å². The van der Waals surface area contributed by atoms with Crippen molar-refractivity contribution in [1.29, 1.82) is 0 Å². The van der Waals surface area contributed by atoms with Crippen LogP contribution in [-0.2, 0) is 0 Å². The van der Waals surface area contributed by atoms with Gasteiger partial charge in [-0.05, 0) is 59.2 Å². The first-order valence-electron chi connectivity index (χ1n) is 5.75. The van der Waals surface area contributed by atoms with Gasteiger partial charge in [0.25, 0.3) is 0 Å². The molecule has 1 fully saturated rings. The Morgan fingerprint density at radius 1 is 1.60 bits per heavy atom. The summed E-state index contributed by atoms with van der Waals surface area (Å²) >= 11 is 3.92. The van der Waals surface area contributed by atoms with Crippen LogP contribution in [0.3, 0.4) is 0 Å². The van der Waals surface area contributed by atoms with Gasteiger partial charge < -0.3 is 5.32 Å². The molecule has 1 N–H and O–H groups in total. The summed E-state index contributed by atoms with van der Waals surface area (Å²) in [5.74, 6) is 3.52. The van der Waals surface area contributed by atoms with Crippen LogP contribution in [0.1, 0.15) is 31.4 Å². The maximum atomic E-state index is 3.71. The minimum absolute atomic E-state index is 0.603. The van der Waals surface area contributed by atoms with Gasteiger partial charge in [0.15, 0.2) is 0 Å². The van der Waals surface area contributed by atoms with E-state index in [-0.39, 0.29) is 0 Å². The zero-order valence-corrected chi connectivity index (χ0v) is 10.9. The zero-order valence-electron chi connectivity index (χ0n) is 9.24. The van der Waals surface area contributed by atoms with Crippen LogP contribution in [0, 0.1) is 5.92 Å². The second-order valence-electron chi connectivity index (χ2n) is 4.11. The van der Waals surface area contributed by atoms with Crippen molar-refractivity contribution in [3.63, 3.8) is 0 Å². The molecule has 0 saturated carbocycles. The fraction of sp³-hybridized carbons (Fsp3) is 0.667. The van der Waals surface area contributed by atoms with Crippen molar-refractivity contribution < 1.29 is 0 Å². The van der Waals surface area contributed by atoms with E-state index in [1.54, 1.807) is 0 Å². The summed E-state index contributed by atoms with van der Waals surface area (Å²) in [5, 5.41) is 8.20. The highest BCUT2D eigenvalue weighted by Crippen LogP contribution is 2.34. The smallest absolute Gasteiger partial charge is 0.0365 e. The molecule has 1 aromatic heterocycles. The molecule has 0 radical (unpaired) electrons. The normalized spacial score (nSPS) is 23.1. The maximum Gasteiger partial charge on any atom is 0.0365 e. The van der Waals surface area contributed by atoms with Crippen molar-refractivity contribution in [3.05, 3.63) is 22.4 Å². The third-order valence-electron chi connectivity index (χ3n) is 2.95. The molecule has 3 heteroatoms. The van der Waals surface area contributed by atoms with Gasteiger partial charge in [0.05, 0.1) is 0 Å². The third kappa shape index (κ3) is 2.99. The van der Waals surface area contributed by atoms with Gasteiger partial charge in [-0.25, -0.2) is 0 Å². The van der Waals surface area contributed by atoms with E-state index in [4.69, 9.17) is 0 Å². The first-order valence-corrected chi connectivity index (χ1v) is 7.84. The highest BCUT2D eigenvalue weighted by atomic mass is 32.2.